The molecule has 0 bridgehead atoms. The summed E-state index contributed by atoms with van der Waals surface area (Å²) in [7, 11) is 0. The van der Waals surface area contributed by atoms with E-state index in [-0.39, 0.29) is 18.4 Å². The first-order valence-electron chi connectivity index (χ1n) is 8.16. The monoisotopic (exact) mass is 338 g/mol. The van der Waals surface area contributed by atoms with E-state index in [2.05, 4.69) is 25.3 Å². The number of likely N-dealkylation sites (tertiary alicyclic amines) is 1. The van der Waals surface area contributed by atoms with E-state index in [9.17, 15) is 4.79 Å². The highest BCUT2D eigenvalue weighted by Crippen LogP contribution is 2.30. The predicted octanol–water partition coefficient (Wildman–Crippen LogP) is 0.997. The van der Waals surface area contributed by atoms with Crippen molar-refractivity contribution in [2.24, 2.45) is 0 Å². The molecule has 3 N–H and O–H groups in total. The Kier molecular flexibility index (Phi) is 4.02. The van der Waals surface area contributed by atoms with E-state index in [1.807, 2.05) is 24.3 Å². The lowest BCUT2D eigenvalue weighted by Gasteiger charge is -2.38. The maximum Gasteiger partial charge on any atom is 0.289 e. The number of rotatable bonds is 5. The minimum atomic E-state index is -0.110. The third kappa shape index (κ3) is 2.91. The smallest absolute Gasteiger partial charge is 0.289 e. The van der Waals surface area contributed by atoms with Gasteiger partial charge in [-0.3, -0.25) is 9.78 Å². The first kappa shape index (κ1) is 15.5. The van der Waals surface area contributed by atoms with E-state index >= 15 is 0 Å². The molecule has 3 aromatic rings. The van der Waals surface area contributed by atoms with Gasteiger partial charge in [0.15, 0.2) is 5.82 Å². The van der Waals surface area contributed by atoms with Crippen LogP contribution in [0, 0.1) is 0 Å². The highest BCUT2D eigenvalue weighted by Gasteiger charge is 2.35. The van der Waals surface area contributed by atoms with Crippen LogP contribution < -0.4 is 5.32 Å². The molecule has 4 rings (SSSR count). The summed E-state index contributed by atoms with van der Waals surface area (Å²) in [4.78, 5) is 30.4. The summed E-state index contributed by atoms with van der Waals surface area (Å²) < 4.78 is 0. The molecular formula is C17H18N6O2. The Balaban J connectivity index is 1.46. The van der Waals surface area contributed by atoms with Crippen LogP contribution >= 0.6 is 0 Å². The third-order valence-corrected chi connectivity index (χ3v) is 4.28. The number of aliphatic hydroxyl groups excluding tert-OH is 1. The number of amides is 1. The zero-order valence-corrected chi connectivity index (χ0v) is 13.5. The fraction of sp³-hybridized carbons (Fsp3) is 0.294. The van der Waals surface area contributed by atoms with Crippen LogP contribution in [0.2, 0.25) is 0 Å². The Morgan fingerprint density at radius 2 is 2.08 bits per heavy atom. The predicted molar refractivity (Wildman–Crippen MR) is 92.3 cm³/mol. The first-order valence-corrected chi connectivity index (χ1v) is 8.16. The molecule has 1 aromatic carbocycles. The number of aromatic amines is 1. The van der Waals surface area contributed by atoms with E-state index in [4.69, 9.17) is 5.11 Å². The molecule has 8 heteroatoms. The van der Waals surface area contributed by atoms with Gasteiger partial charge in [-0.25, -0.2) is 9.97 Å². The van der Waals surface area contributed by atoms with Crippen molar-refractivity contribution in [3.05, 3.63) is 48.2 Å². The molecule has 0 radical (unpaired) electrons. The Bertz CT molecular complexity index is 870. The zero-order valence-electron chi connectivity index (χ0n) is 13.5. The molecule has 1 aliphatic rings. The van der Waals surface area contributed by atoms with Crippen molar-refractivity contribution >= 4 is 22.8 Å². The fourth-order valence-electron chi connectivity index (χ4n) is 2.98. The second kappa shape index (κ2) is 6.48. The Morgan fingerprint density at radius 3 is 2.88 bits per heavy atom. The molecule has 0 unspecified atom stereocenters. The van der Waals surface area contributed by atoms with Crippen LogP contribution in [0.15, 0.2) is 36.7 Å². The number of aliphatic hydroxyl groups is 1. The lowest BCUT2D eigenvalue weighted by atomic mass is 9.95. The number of hydrogen-bond donors (Lipinski definition) is 3. The number of aromatic nitrogens is 4. The normalized spacial score (nSPS) is 14.5. The van der Waals surface area contributed by atoms with Gasteiger partial charge in [-0.15, -0.1) is 0 Å². The fourth-order valence-corrected chi connectivity index (χ4v) is 2.98. The molecule has 0 spiro atoms. The van der Waals surface area contributed by atoms with Gasteiger partial charge in [0.2, 0.25) is 0 Å². The van der Waals surface area contributed by atoms with E-state index in [1.165, 1.54) is 0 Å². The van der Waals surface area contributed by atoms with Crippen molar-refractivity contribution < 1.29 is 9.90 Å². The maximum atomic E-state index is 12.6. The summed E-state index contributed by atoms with van der Waals surface area (Å²) >= 11 is 0. The van der Waals surface area contributed by atoms with Gasteiger partial charge in [-0.2, -0.15) is 0 Å². The van der Waals surface area contributed by atoms with Gasteiger partial charge in [0.1, 0.15) is 5.82 Å². The molecule has 128 valence electrons. The lowest BCUT2D eigenvalue weighted by Crippen LogP contribution is -2.49. The molecule has 8 nitrogen and oxygen atoms in total. The number of para-hydroxylation sites is 2. The maximum absolute atomic E-state index is 12.6. The zero-order chi connectivity index (χ0) is 17.2. The Morgan fingerprint density at radius 1 is 1.28 bits per heavy atom. The van der Waals surface area contributed by atoms with Gasteiger partial charge in [-0.1, -0.05) is 12.1 Å². The standard InChI is InChI=1S/C17H18N6O2/c24-8-7-20-15-14(18-5-6-19-15)11-9-23(10-11)17(25)16-21-12-3-1-2-4-13(12)22-16/h1-6,11,24H,7-10H2,(H,19,20)(H,21,22). The minimum Gasteiger partial charge on any atom is -0.395 e. The molecule has 0 saturated carbocycles. The largest absolute Gasteiger partial charge is 0.395 e. The summed E-state index contributed by atoms with van der Waals surface area (Å²) in [6.45, 7) is 1.59. The summed E-state index contributed by atoms with van der Waals surface area (Å²) in [5.74, 6) is 1.04. The first-order chi connectivity index (χ1) is 12.3. The third-order valence-electron chi connectivity index (χ3n) is 4.28. The number of anilines is 1. The van der Waals surface area contributed by atoms with Gasteiger partial charge >= 0.3 is 0 Å². The Labute approximate surface area is 143 Å². The molecule has 1 aliphatic heterocycles. The van der Waals surface area contributed by atoms with Crippen molar-refractivity contribution in [1.82, 2.24) is 24.8 Å². The number of carbonyl (C=O) groups excluding carboxylic acids is 1. The average molecular weight is 338 g/mol. The van der Waals surface area contributed by atoms with E-state index < -0.39 is 0 Å². The molecule has 0 atom stereocenters. The second-order valence-corrected chi connectivity index (χ2v) is 5.95. The quantitative estimate of drug-likeness (QED) is 0.641. The van der Waals surface area contributed by atoms with Gasteiger partial charge in [-0.05, 0) is 12.1 Å². The Hall–Kier alpha value is -3.00. The number of nitrogens with zero attached hydrogens (tertiary/aromatic N) is 4. The number of carbonyl (C=O) groups is 1. The average Bonchev–Trinajstić information content (AvgIpc) is 3.03. The van der Waals surface area contributed by atoms with Crippen LogP contribution in [0.25, 0.3) is 11.0 Å². The highest BCUT2D eigenvalue weighted by atomic mass is 16.3. The SMILES string of the molecule is O=C(c1nc2ccccc2[nH]1)N1CC(c2nccnc2NCCO)C1. The van der Waals surface area contributed by atoms with Crippen LogP contribution in [0.5, 0.6) is 0 Å². The number of benzene rings is 1. The van der Waals surface area contributed by atoms with Crippen molar-refractivity contribution in [2.45, 2.75) is 5.92 Å². The molecule has 2 aromatic heterocycles. The van der Waals surface area contributed by atoms with Crippen LogP contribution in [0.4, 0.5) is 5.82 Å². The van der Waals surface area contributed by atoms with Gasteiger partial charge in [0.25, 0.3) is 5.91 Å². The van der Waals surface area contributed by atoms with Crippen LogP contribution in [-0.2, 0) is 0 Å². The molecule has 25 heavy (non-hydrogen) atoms. The topological polar surface area (TPSA) is 107 Å². The second-order valence-electron chi connectivity index (χ2n) is 5.95. The number of imidazole rings is 1. The number of H-pyrrole nitrogens is 1. The van der Waals surface area contributed by atoms with Gasteiger partial charge in [0.05, 0.1) is 23.3 Å². The summed E-state index contributed by atoms with van der Waals surface area (Å²) in [6, 6.07) is 7.58. The van der Waals surface area contributed by atoms with Gasteiger partial charge < -0.3 is 20.3 Å². The van der Waals surface area contributed by atoms with E-state index in [0.717, 1.165) is 16.7 Å². The molecule has 1 fully saturated rings. The van der Waals surface area contributed by atoms with Crippen LogP contribution in [0.1, 0.15) is 22.2 Å². The highest BCUT2D eigenvalue weighted by molar-refractivity contribution is 5.94. The summed E-state index contributed by atoms with van der Waals surface area (Å²) in [6.07, 6.45) is 3.25. The minimum absolute atomic E-state index is 0.0251. The molecule has 0 aliphatic carbocycles. The van der Waals surface area contributed by atoms with Crippen LogP contribution in [0.3, 0.4) is 0 Å². The van der Waals surface area contributed by atoms with Crippen molar-refractivity contribution in [3.8, 4) is 0 Å². The van der Waals surface area contributed by atoms with Crippen LogP contribution in [-0.4, -0.2) is 62.1 Å². The van der Waals surface area contributed by atoms with E-state index in [1.54, 1.807) is 17.3 Å². The summed E-state index contributed by atoms with van der Waals surface area (Å²) in [5, 5.41) is 12.0. The lowest BCUT2D eigenvalue weighted by molar-refractivity contribution is 0.0587. The molecule has 1 saturated heterocycles. The van der Waals surface area contributed by atoms with E-state index in [0.29, 0.717) is 31.3 Å². The molecule has 3 heterocycles. The van der Waals surface area contributed by atoms with Crippen molar-refractivity contribution in [1.29, 1.82) is 0 Å². The number of hydrogen-bond acceptors (Lipinski definition) is 6. The van der Waals surface area contributed by atoms with Crippen molar-refractivity contribution in [3.63, 3.8) is 0 Å². The molecular weight excluding hydrogens is 320 g/mol. The van der Waals surface area contributed by atoms with Gasteiger partial charge in [0, 0.05) is 37.9 Å². The van der Waals surface area contributed by atoms with Crippen molar-refractivity contribution in [2.75, 3.05) is 31.6 Å². The number of fused-ring (bicyclic) bond motifs is 1. The molecule has 1 amide bonds. The summed E-state index contributed by atoms with van der Waals surface area (Å²) in [5.41, 5.74) is 2.46. The number of nitrogens with one attached hydrogen (secondary N) is 2.